The average molecular weight is 423 g/mol. The van der Waals surface area contributed by atoms with Crippen LogP contribution in [0, 0.1) is 0 Å². The Labute approximate surface area is 178 Å². The van der Waals surface area contributed by atoms with Gasteiger partial charge in [-0.15, -0.1) is 11.3 Å². The van der Waals surface area contributed by atoms with E-state index in [9.17, 15) is 4.79 Å². The number of ether oxygens (including phenoxy) is 1. The van der Waals surface area contributed by atoms with Crippen LogP contribution in [0.3, 0.4) is 0 Å². The van der Waals surface area contributed by atoms with Crippen LogP contribution in [-0.4, -0.2) is 28.6 Å². The van der Waals surface area contributed by atoms with E-state index < -0.39 is 0 Å². The second-order valence-corrected chi connectivity index (χ2v) is 7.84. The van der Waals surface area contributed by atoms with Gasteiger partial charge in [-0.2, -0.15) is 0 Å². The Hall–Kier alpha value is -3.23. The Morgan fingerprint density at radius 2 is 1.90 bits per heavy atom. The molecule has 0 spiro atoms. The summed E-state index contributed by atoms with van der Waals surface area (Å²) in [6.45, 7) is 4.41. The molecule has 0 radical (unpaired) electrons. The van der Waals surface area contributed by atoms with Gasteiger partial charge in [0, 0.05) is 11.1 Å². The smallest absolute Gasteiger partial charge is 0.258 e. The number of aromatic amines is 1. The summed E-state index contributed by atoms with van der Waals surface area (Å²) in [6, 6.07) is 15.2. The van der Waals surface area contributed by atoms with E-state index in [1.54, 1.807) is 24.5 Å². The van der Waals surface area contributed by atoms with Crippen LogP contribution in [-0.2, 0) is 13.1 Å². The van der Waals surface area contributed by atoms with E-state index in [-0.39, 0.29) is 5.56 Å². The molecule has 0 aliphatic rings. The number of quaternary nitrogens is 1. The minimum absolute atomic E-state index is 0.0920. The summed E-state index contributed by atoms with van der Waals surface area (Å²) in [4.78, 5) is 25.8. The van der Waals surface area contributed by atoms with E-state index in [2.05, 4.69) is 27.6 Å². The predicted molar refractivity (Wildman–Crippen MR) is 120 cm³/mol. The first kappa shape index (κ1) is 20.1. The number of H-pyrrole nitrogens is 1. The number of benzene rings is 2. The average Bonchev–Trinajstić information content (AvgIpc) is 3.20. The molecule has 0 saturated heterocycles. The molecule has 0 aliphatic carbocycles. The van der Waals surface area contributed by atoms with E-state index in [0.717, 1.165) is 40.9 Å². The van der Waals surface area contributed by atoms with Crippen LogP contribution < -0.4 is 20.5 Å². The molecule has 0 saturated carbocycles. The number of nitrogens with zero attached hydrogens (tertiary/aromatic N) is 2. The number of anilines is 2. The zero-order valence-corrected chi connectivity index (χ0v) is 17.8. The number of methoxy groups -OCH3 is 1. The van der Waals surface area contributed by atoms with Gasteiger partial charge in [0.15, 0.2) is 11.0 Å². The lowest BCUT2D eigenvalue weighted by Crippen LogP contribution is -3.09. The molecule has 8 heteroatoms. The number of nitrogens with one attached hydrogen (secondary N) is 3. The van der Waals surface area contributed by atoms with Crippen LogP contribution in [0.25, 0.3) is 10.9 Å². The SMILES string of the molecule is CC[NH+](Cc1csc(Nc2ccc(OC)cc2)n1)Cc1nc2ccccc2c(=O)[nH]1. The van der Waals surface area contributed by atoms with Crippen molar-refractivity contribution in [2.75, 3.05) is 19.0 Å². The summed E-state index contributed by atoms with van der Waals surface area (Å²) in [5, 5.41) is 6.86. The van der Waals surface area contributed by atoms with Gasteiger partial charge in [0.1, 0.15) is 24.5 Å². The van der Waals surface area contributed by atoms with Crippen LogP contribution in [0.5, 0.6) is 5.75 Å². The lowest BCUT2D eigenvalue weighted by atomic mass is 10.2. The number of hydrogen-bond acceptors (Lipinski definition) is 6. The number of para-hydroxylation sites is 1. The number of fused-ring (bicyclic) bond motifs is 1. The highest BCUT2D eigenvalue weighted by Crippen LogP contribution is 2.22. The molecular weight excluding hydrogens is 398 g/mol. The molecule has 2 aromatic carbocycles. The minimum atomic E-state index is -0.0920. The Kier molecular flexibility index (Phi) is 6.06. The van der Waals surface area contributed by atoms with E-state index in [4.69, 9.17) is 9.72 Å². The highest BCUT2D eigenvalue weighted by atomic mass is 32.1. The van der Waals surface area contributed by atoms with Gasteiger partial charge in [-0.3, -0.25) is 4.79 Å². The zero-order chi connectivity index (χ0) is 20.9. The Bertz CT molecular complexity index is 1190. The molecule has 2 heterocycles. The standard InChI is InChI=1S/C22H23N5O2S/c1-3-27(13-20-25-19-7-5-4-6-18(19)21(28)26-20)12-16-14-30-22(24-16)23-15-8-10-17(29-2)11-9-15/h4-11,14H,3,12-13H2,1-2H3,(H,23,24)(H,25,26,28)/p+1. The Morgan fingerprint density at radius 3 is 2.67 bits per heavy atom. The summed E-state index contributed by atoms with van der Waals surface area (Å²) in [7, 11) is 1.65. The van der Waals surface area contributed by atoms with Gasteiger partial charge < -0.3 is 19.9 Å². The first-order chi connectivity index (χ1) is 14.6. The van der Waals surface area contributed by atoms with Crippen molar-refractivity contribution >= 4 is 33.1 Å². The molecular formula is C22H24N5O2S+. The summed E-state index contributed by atoms with van der Waals surface area (Å²) < 4.78 is 5.19. The Balaban J connectivity index is 1.43. The number of hydrogen-bond donors (Lipinski definition) is 3. The van der Waals surface area contributed by atoms with Gasteiger partial charge >= 0.3 is 0 Å². The third kappa shape index (κ3) is 4.67. The molecule has 4 aromatic rings. The van der Waals surface area contributed by atoms with Crippen LogP contribution in [0.1, 0.15) is 18.4 Å². The van der Waals surface area contributed by atoms with Crippen molar-refractivity contribution in [1.82, 2.24) is 15.0 Å². The van der Waals surface area contributed by atoms with Gasteiger partial charge in [-0.05, 0) is 43.3 Å². The predicted octanol–water partition coefficient (Wildman–Crippen LogP) is 2.74. The molecule has 1 unspecified atom stereocenters. The quantitative estimate of drug-likeness (QED) is 0.407. The number of rotatable bonds is 8. The number of thiazole rings is 1. The van der Waals surface area contributed by atoms with Crippen LogP contribution >= 0.6 is 11.3 Å². The lowest BCUT2D eigenvalue weighted by Gasteiger charge is -2.16. The molecule has 0 aliphatic heterocycles. The molecule has 154 valence electrons. The van der Waals surface area contributed by atoms with Gasteiger partial charge in [0.25, 0.3) is 5.56 Å². The van der Waals surface area contributed by atoms with Gasteiger partial charge in [0.2, 0.25) is 0 Å². The molecule has 0 bridgehead atoms. The van der Waals surface area contributed by atoms with Crippen LogP contribution in [0.4, 0.5) is 10.8 Å². The fourth-order valence-corrected chi connectivity index (χ4v) is 4.00. The Morgan fingerprint density at radius 1 is 1.10 bits per heavy atom. The third-order valence-electron chi connectivity index (χ3n) is 4.90. The fraction of sp³-hybridized carbons (Fsp3) is 0.227. The summed E-state index contributed by atoms with van der Waals surface area (Å²) in [5.74, 6) is 1.52. The maximum absolute atomic E-state index is 12.3. The topological polar surface area (TPSA) is 84.3 Å². The van der Waals surface area contributed by atoms with Gasteiger partial charge in [-0.1, -0.05) is 12.1 Å². The normalized spacial score (nSPS) is 12.1. The van der Waals surface area contributed by atoms with E-state index in [1.165, 1.54) is 4.90 Å². The van der Waals surface area contributed by atoms with Crippen molar-refractivity contribution in [2.45, 2.75) is 20.0 Å². The van der Waals surface area contributed by atoms with Crippen molar-refractivity contribution in [3.63, 3.8) is 0 Å². The summed E-state index contributed by atoms with van der Waals surface area (Å²) in [5.41, 5.74) is 2.61. The highest BCUT2D eigenvalue weighted by molar-refractivity contribution is 7.13. The van der Waals surface area contributed by atoms with E-state index in [0.29, 0.717) is 17.8 Å². The maximum atomic E-state index is 12.3. The van der Waals surface area contributed by atoms with Crippen molar-refractivity contribution in [3.8, 4) is 5.75 Å². The van der Waals surface area contributed by atoms with Crippen molar-refractivity contribution in [2.24, 2.45) is 0 Å². The molecule has 30 heavy (non-hydrogen) atoms. The molecule has 3 N–H and O–H groups in total. The summed E-state index contributed by atoms with van der Waals surface area (Å²) >= 11 is 1.58. The molecule has 2 aromatic heterocycles. The molecule has 4 rings (SSSR count). The largest absolute Gasteiger partial charge is 0.497 e. The monoisotopic (exact) mass is 422 g/mol. The second kappa shape index (κ2) is 9.06. The zero-order valence-electron chi connectivity index (χ0n) is 16.9. The van der Waals surface area contributed by atoms with Crippen molar-refractivity contribution < 1.29 is 9.64 Å². The molecule has 0 fully saturated rings. The van der Waals surface area contributed by atoms with E-state index in [1.807, 2.05) is 42.5 Å². The first-order valence-electron chi connectivity index (χ1n) is 9.81. The van der Waals surface area contributed by atoms with Crippen molar-refractivity contribution in [1.29, 1.82) is 0 Å². The van der Waals surface area contributed by atoms with Crippen LogP contribution in [0.15, 0.2) is 58.7 Å². The minimum Gasteiger partial charge on any atom is -0.497 e. The molecule has 1 atom stereocenters. The fourth-order valence-electron chi connectivity index (χ4n) is 3.27. The lowest BCUT2D eigenvalue weighted by molar-refractivity contribution is -0.926. The van der Waals surface area contributed by atoms with Crippen LogP contribution in [0.2, 0.25) is 0 Å². The third-order valence-corrected chi connectivity index (χ3v) is 5.71. The maximum Gasteiger partial charge on any atom is 0.258 e. The highest BCUT2D eigenvalue weighted by Gasteiger charge is 2.14. The molecule has 0 amide bonds. The first-order valence-corrected chi connectivity index (χ1v) is 10.7. The van der Waals surface area contributed by atoms with Gasteiger partial charge in [0.05, 0.1) is 24.6 Å². The van der Waals surface area contributed by atoms with Gasteiger partial charge in [-0.25, -0.2) is 9.97 Å². The van der Waals surface area contributed by atoms with E-state index >= 15 is 0 Å². The van der Waals surface area contributed by atoms with Crippen molar-refractivity contribution in [3.05, 3.63) is 75.8 Å². The number of aromatic nitrogens is 3. The second-order valence-electron chi connectivity index (χ2n) is 6.98. The molecule has 7 nitrogen and oxygen atoms in total. The summed E-state index contributed by atoms with van der Waals surface area (Å²) in [6.07, 6.45) is 0.